The molecule has 2 N–H and O–H groups in total. The maximum Gasteiger partial charge on any atom is 0.357 e. The van der Waals surface area contributed by atoms with E-state index in [1.165, 1.54) is 16.8 Å². The molecule has 5 heteroatoms. The van der Waals surface area contributed by atoms with Gasteiger partial charge in [-0.15, -0.1) is 23.7 Å². The molecule has 0 aromatic carbocycles. The number of nitrogens with one attached hydrogen (secondary N) is 1. The van der Waals surface area contributed by atoms with Crippen molar-refractivity contribution < 1.29 is 9.90 Å². The van der Waals surface area contributed by atoms with E-state index in [4.69, 9.17) is 11.5 Å². The van der Waals surface area contributed by atoms with Crippen molar-refractivity contribution in [2.75, 3.05) is 11.9 Å². The Balaban J connectivity index is 2.61. The highest BCUT2D eigenvalue weighted by Crippen LogP contribution is 2.19. The number of aromatic carboxylic acids is 1. The number of aromatic nitrogens is 1. The summed E-state index contributed by atoms with van der Waals surface area (Å²) in [5, 5.41) is 12.1. The highest BCUT2D eigenvalue weighted by molar-refractivity contribution is 7.14. The second kappa shape index (κ2) is 4.48. The number of carboxylic acid groups (broad SMARTS) is 1. The lowest BCUT2D eigenvalue weighted by atomic mass is 10.4. The van der Waals surface area contributed by atoms with E-state index in [1.807, 2.05) is 0 Å². The molecule has 0 atom stereocenters. The number of nitrogens with zero attached hydrogens (tertiary/aromatic N) is 1. The average molecular weight is 196 g/mol. The normalized spacial score (nSPS) is 9.15. The van der Waals surface area contributed by atoms with Crippen LogP contribution >= 0.6 is 11.3 Å². The van der Waals surface area contributed by atoms with Crippen LogP contribution in [0.2, 0.25) is 0 Å². The number of terminal acetylenes is 1. The number of anilines is 1. The lowest BCUT2D eigenvalue weighted by molar-refractivity contribution is 0.0692. The highest BCUT2D eigenvalue weighted by atomic mass is 32.1. The quantitative estimate of drug-likeness (QED) is 0.562. The van der Waals surface area contributed by atoms with Crippen molar-refractivity contribution in [2.45, 2.75) is 6.42 Å². The van der Waals surface area contributed by atoms with Crippen LogP contribution in [0, 0.1) is 12.3 Å². The van der Waals surface area contributed by atoms with Gasteiger partial charge in [0, 0.05) is 13.0 Å². The zero-order chi connectivity index (χ0) is 9.68. The number of carbonyl (C=O) groups is 1. The van der Waals surface area contributed by atoms with Crippen LogP contribution in [0.4, 0.5) is 5.00 Å². The lowest BCUT2D eigenvalue weighted by Crippen LogP contribution is -2.05. The van der Waals surface area contributed by atoms with Crippen LogP contribution in [-0.4, -0.2) is 22.6 Å². The van der Waals surface area contributed by atoms with Crippen molar-refractivity contribution in [1.29, 1.82) is 0 Å². The van der Waals surface area contributed by atoms with Gasteiger partial charge >= 0.3 is 5.97 Å². The van der Waals surface area contributed by atoms with Gasteiger partial charge in [-0.25, -0.2) is 9.78 Å². The zero-order valence-corrected chi connectivity index (χ0v) is 7.60. The second-order valence-electron chi connectivity index (χ2n) is 2.22. The van der Waals surface area contributed by atoms with Gasteiger partial charge in [-0.3, -0.25) is 0 Å². The first-order valence-electron chi connectivity index (χ1n) is 3.60. The van der Waals surface area contributed by atoms with Crippen LogP contribution < -0.4 is 5.32 Å². The SMILES string of the molecule is C#CCCNc1scnc1C(=O)O. The van der Waals surface area contributed by atoms with Gasteiger partial charge in [0.1, 0.15) is 5.00 Å². The third-order valence-electron chi connectivity index (χ3n) is 1.32. The summed E-state index contributed by atoms with van der Waals surface area (Å²) in [6.07, 6.45) is 5.61. The third kappa shape index (κ3) is 2.46. The van der Waals surface area contributed by atoms with E-state index < -0.39 is 5.97 Å². The first kappa shape index (κ1) is 9.55. The largest absolute Gasteiger partial charge is 0.476 e. The number of hydrogen-bond donors (Lipinski definition) is 2. The van der Waals surface area contributed by atoms with Crippen LogP contribution in [0.3, 0.4) is 0 Å². The van der Waals surface area contributed by atoms with Gasteiger partial charge in [-0.1, -0.05) is 0 Å². The fourth-order valence-corrected chi connectivity index (χ4v) is 1.47. The first-order valence-corrected chi connectivity index (χ1v) is 4.47. The fraction of sp³-hybridized carbons (Fsp3) is 0.250. The topological polar surface area (TPSA) is 62.2 Å². The molecule has 0 aliphatic rings. The van der Waals surface area contributed by atoms with E-state index in [-0.39, 0.29) is 5.69 Å². The Kier molecular flexibility index (Phi) is 3.29. The Hall–Kier alpha value is -1.54. The van der Waals surface area contributed by atoms with Gasteiger partial charge in [-0.05, 0) is 0 Å². The molecule has 0 aliphatic carbocycles. The van der Waals surface area contributed by atoms with Crippen molar-refractivity contribution in [1.82, 2.24) is 4.98 Å². The number of hydrogen-bond acceptors (Lipinski definition) is 4. The van der Waals surface area contributed by atoms with E-state index in [9.17, 15) is 4.79 Å². The van der Waals surface area contributed by atoms with Gasteiger partial charge in [-0.2, -0.15) is 0 Å². The minimum Gasteiger partial charge on any atom is -0.476 e. The zero-order valence-electron chi connectivity index (χ0n) is 6.78. The molecular formula is C8H8N2O2S. The van der Waals surface area contributed by atoms with Crippen LogP contribution in [-0.2, 0) is 0 Å². The summed E-state index contributed by atoms with van der Waals surface area (Å²) in [4.78, 5) is 14.3. The molecule has 68 valence electrons. The number of rotatable bonds is 4. The molecule has 13 heavy (non-hydrogen) atoms. The van der Waals surface area contributed by atoms with E-state index in [0.717, 1.165) is 0 Å². The fourth-order valence-electron chi connectivity index (χ4n) is 0.772. The minimum atomic E-state index is -1.02. The summed E-state index contributed by atoms with van der Waals surface area (Å²) in [6.45, 7) is 0.568. The molecule has 1 aromatic rings. The summed E-state index contributed by atoms with van der Waals surface area (Å²) in [6, 6.07) is 0. The Morgan fingerprint density at radius 3 is 3.23 bits per heavy atom. The van der Waals surface area contributed by atoms with Crippen molar-refractivity contribution >= 4 is 22.3 Å². The smallest absolute Gasteiger partial charge is 0.357 e. The molecule has 0 fully saturated rings. The molecular weight excluding hydrogens is 188 g/mol. The highest BCUT2D eigenvalue weighted by Gasteiger charge is 2.12. The maximum absolute atomic E-state index is 10.6. The molecule has 0 saturated heterocycles. The lowest BCUT2D eigenvalue weighted by Gasteiger charge is -1.99. The molecule has 1 heterocycles. The van der Waals surface area contributed by atoms with Crippen molar-refractivity contribution in [3.63, 3.8) is 0 Å². The predicted molar refractivity (Wildman–Crippen MR) is 51.0 cm³/mol. The molecule has 0 spiro atoms. The van der Waals surface area contributed by atoms with Crippen LogP contribution in [0.25, 0.3) is 0 Å². The summed E-state index contributed by atoms with van der Waals surface area (Å²) in [5.74, 6) is 1.43. The monoisotopic (exact) mass is 196 g/mol. The molecule has 0 unspecified atom stereocenters. The maximum atomic E-state index is 10.6. The number of carboxylic acids is 1. The van der Waals surface area contributed by atoms with Crippen molar-refractivity contribution in [2.24, 2.45) is 0 Å². The molecule has 0 bridgehead atoms. The van der Waals surface area contributed by atoms with Gasteiger partial charge in [0.25, 0.3) is 0 Å². The van der Waals surface area contributed by atoms with E-state index in [2.05, 4.69) is 16.2 Å². The van der Waals surface area contributed by atoms with Gasteiger partial charge in [0.05, 0.1) is 5.51 Å². The molecule has 4 nitrogen and oxygen atoms in total. The summed E-state index contributed by atoms with van der Waals surface area (Å²) < 4.78 is 0. The second-order valence-corrected chi connectivity index (χ2v) is 3.07. The Morgan fingerprint density at radius 2 is 2.62 bits per heavy atom. The molecule has 0 aliphatic heterocycles. The average Bonchev–Trinajstić information content (AvgIpc) is 2.53. The summed E-state index contributed by atoms with van der Waals surface area (Å²) in [5.41, 5.74) is 1.55. The standard InChI is InChI=1S/C8H8N2O2S/c1-2-3-4-9-7-6(8(11)12)10-5-13-7/h1,5,9H,3-4H2,(H,11,12). The van der Waals surface area contributed by atoms with E-state index in [0.29, 0.717) is 18.0 Å². The first-order chi connectivity index (χ1) is 6.25. The van der Waals surface area contributed by atoms with Gasteiger partial charge in [0.2, 0.25) is 0 Å². The van der Waals surface area contributed by atoms with Crippen molar-refractivity contribution in [3.05, 3.63) is 11.2 Å². The predicted octanol–water partition coefficient (Wildman–Crippen LogP) is 1.28. The molecule has 1 rings (SSSR count). The van der Waals surface area contributed by atoms with Crippen LogP contribution in [0.15, 0.2) is 5.51 Å². The third-order valence-corrected chi connectivity index (χ3v) is 2.11. The van der Waals surface area contributed by atoms with Crippen molar-refractivity contribution in [3.8, 4) is 12.3 Å². The molecule has 1 aromatic heterocycles. The van der Waals surface area contributed by atoms with Gasteiger partial charge < -0.3 is 10.4 Å². The van der Waals surface area contributed by atoms with Crippen LogP contribution in [0.1, 0.15) is 16.9 Å². The van der Waals surface area contributed by atoms with Crippen LogP contribution in [0.5, 0.6) is 0 Å². The molecule has 0 radical (unpaired) electrons. The Morgan fingerprint density at radius 1 is 1.85 bits per heavy atom. The molecule has 0 amide bonds. The number of thiazole rings is 1. The Labute approximate surface area is 79.6 Å². The molecule has 0 saturated carbocycles. The minimum absolute atomic E-state index is 0.0574. The van der Waals surface area contributed by atoms with E-state index in [1.54, 1.807) is 0 Å². The summed E-state index contributed by atoms with van der Waals surface area (Å²) in [7, 11) is 0. The Bertz CT molecular complexity index is 340. The van der Waals surface area contributed by atoms with E-state index >= 15 is 0 Å². The van der Waals surface area contributed by atoms with Gasteiger partial charge in [0.15, 0.2) is 5.69 Å². The summed E-state index contributed by atoms with van der Waals surface area (Å²) >= 11 is 1.26.